The average Bonchev–Trinajstić information content (AvgIpc) is 3.38. The van der Waals surface area contributed by atoms with E-state index in [1.54, 1.807) is 0 Å². The van der Waals surface area contributed by atoms with Gasteiger partial charge < -0.3 is 0 Å². The van der Waals surface area contributed by atoms with Gasteiger partial charge in [0.25, 0.3) is 0 Å². The third-order valence-electron chi connectivity index (χ3n) is 11.3. The normalized spacial score (nSPS) is 11.5. The van der Waals surface area contributed by atoms with E-state index in [1.165, 1.54) is 119 Å². The van der Waals surface area contributed by atoms with E-state index in [4.69, 9.17) is 0 Å². The third kappa shape index (κ3) is 6.39. The van der Waals surface area contributed by atoms with Gasteiger partial charge in [-0.05, 0) is 0 Å². The third-order valence-corrected chi connectivity index (χ3v) is 13.7. The molecular weight excluding hydrogens is 677 g/mol. The van der Waals surface area contributed by atoms with Crippen LogP contribution in [-0.4, -0.2) is 27.9 Å². The van der Waals surface area contributed by atoms with Crippen molar-refractivity contribution in [3.63, 3.8) is 0 Å². The number of hydrogen-bond donors (Lipinski definition) is 0. The number of fused-ring (bicyclic) bond motifs is 3. The fourth-order valence-corrected chi connectivity index (χ4v) is 12.0. The number of benzene rings is 6. The Labute approximate surface area is 313 Å². The predicted octanol–water partition coefficient (Wildman–Crippen LogP) is 7.78. The standard InChI is InChI=1S/C48H50B2Se/c1-27-17-31(5)45(32(6)18-27)49(46-33(7)19-28(2)20-34(46)8)39-13-15-43-41(25-39)42-26-40(14-16-44(42)51-43)50(47-35(9)21-29(3)22-36(47)10)48-37(11)23-30(4)24-38(48)12/h13-26H,1-12H3. The summed E-state index contributed by atoms with van der Waals surface area (Å²) in [7, 11) is 0. The first-order valence-electron chi connectivity index (χ1n) is 18.5. The van der Waals surface area contributed by atoms with Crippen molar-refractivity contribution in [1.29, 1.82) is 0 Å². The van der Waals surface area contributed by atoms with Crippen LogP contribution in [-0.2, 0) is 0 Å². The van der Waals surface area contributed by atoms with Crippen molar-refractivity contribution in [2.24, 2.45) is 0 Å². The fraction of sp³-hybridized carbons (Fsp3) is 0.250. The second kappa shape index (κ2) is 13.5. The van der Waals surface area contributed by atoms with Crippen molar-refractivity contribution in [2.45, 2.75) is 83.1 Å². The summed E-state index contributed by atoms with van der Waals surface area (Å²) >= 11 is 0.281. The topological polar surface area (TPSA) is 0 Å². The fourth-order valence-electron chi connectivity index (χ4n) is 9.71. The van der Waals surface area contributed by atoms with E-state index >= 15 is 0 Å². The first-order chi connectivity index (χ1) is 24.2. The molecule has 51 heavy (non-hydrogen) atoms. The molecular formula is C48H50B2Se. The zero-order valence-electron chi connectivity index (χ0n) is 32.6. The van der Waals surface area contributed by atoms with Gasteiger partial charge in [-0.25, -0.2) is 0 Å². The van der Waals surface area contributed by atoms with E-state index in [0.717, 1.165) is 0 Å². The summed E-state index contributed by atoms with van der Waals surface area (Å²) in [4.78, 5) is 0. The summed E-state index contributed by atoms with van der Waals surface area (Å²) in [5.74, 6) is 0. The summed E-state index contributed by atoms with van der Waals surface area (Å²) in [6.07, 6.45) is 0. The van der Waals surface area contributed by atoms with Crippen LogP contribution in [0.4, 0.5) is 0 Å². The second-order valence-electron chi connectivity index (χ2n) is 15.7. The molecule has 0 saturated carbocycles. The first kappa shape index (κ1) is 35.4. The Morgan fingerprint density at radius 1 is 0.314 bits per heavy atom. The van der Waals surface area contributed by atoms with Crippen molar-refractivity contribution >= 4 is 80.0 Å². The minimum absolute atomic E-state index is 0.166. The van der Waals surface area contributed by atoms with Crippen LogP contribution in [0.25, 0.3) is 19.3 Å². The van der Waals surface area contributed by atoms with Crippen molar-refractivity contribution in [3.8, 4) is 0 Å². The van der Waals surface area contributed by atoms with Crippen LogP contribution in [0.15, 0.2) is 84.9 Å². The second-order valence-corrected chi connectivity index (χ2v) is 18.0. The zero-order valence-corrected chi connectivity index (χ0v) is 34.4. The van der Waals surface area contributed by atoms with Crippen molar-refractivity contribution in [2.75, 3.05) is 0 Å². The van der Waals surface area contributed by atoms with Gasteiger partial charge in [-0.1, -0.05) is 0 Å². The zero-order chi connectivity index (χ0) is 36.5. The van der Waals surface area contributed by atoms with E-state index in [9.17, 15) is 0 Å². The Bertz CT molecular complexity index is 2130. The van der Waals surface area contributed by atoms with E-state index in [-0.39, 0.29) is 27.9 Å². The van der Waals surface area contributed by atoms with Gasteiger partial charge in [0.2, 0.25) is 0 Å². The van der Waals surface area contributed by atoms with Crippen LogP contribution in [0.5, 0.6) is 0 Å². The maximum atomic E-state index is 2.56. The first-order valence-corrected chi connectivity index (χ1v) is 20.2. The molecule has 7 rings (SSSR count). The van der Waals surface area contributed by atoms with Crippen LogP contribution < -0.4 is 32.8 Å². The van der Waals surface area contributed by atoms with Crippen LogP contribution in [0, 0.1) is 83.1 Å². The molecule has 0 atom stereocenters. The van der Waals surface area contributed by atoms with E-state index < -0.39 is 0 Å². The molecule has 0 spiro atoms. The monoisotopic (exact) mass is 728 g/mol. The number of hydrogen-bond acceptors (Lipinski definition) is 0. The molecule has 3 heteroatoms. The van der Waals surface area contributed by atoms with Crippen LogP contribution in [0.2, 0.25) is 0 Å². The van der Waals surface area contributed by atoms with Gasteiger partial charge in [-0.15, -0.1) is 0 Å². The molecule has 0 nitrogen and oxygen atoms in total. The summed E-state index contributed by atoms with van der Waals surface area (Å²) in [6, 6.07) is 33.9. The molecule has 0 N–H and O–H groups in total. The maximum absolute atomic E-state index is 2.56. The van der Waals surface area contributed by atoms with Crippen molar-refractivity contribution in [3.05, 3.63) is 152 Å². The van der Waals surface area contributed by atoms with E-state index in [1.807, 2.05) is 0 Å². The number of rotatable bonds is 6. The SMILES string of the molecule is Cc1cc(C)c(B(c2ccc3[se]c4ccc(B(c5c(C)cc(C)cc5C)c5c(C)cc(C)cc5C)cc4c3c2)c2c(C)cc(C)cc2C)c(C)c1. The molecule has 0 bridgehead atoms. The summed E-state index contributed by atoms with van der Waals surface area (Å²) < 4.78 is 2.99. The minimum atomic E-state index is 0.166. The number of aryl methyl sites for hydroxylation is 12. The quantitative estimate of drug-likeness (QED) is 0.154. The van der Waals surface area contributed by atoms with E-state index in [2.05, 4.69) is 168 Å². The molecule has 0 aliphatic heterocycles. The molecule has 0 saturated heterocycles. The molecule has 1 heterocycles. The van der Waals surface area contributed by atoms with Gasteiger partial charge in [0, 0.05) is 0 Å². The molecule has 254 valence electrons. The molecule has 0 aliphatic carbocycles. The summed E-state index contributed by atoms with van der Waals surface area (Å²) in [6.45, 7) is 27.7. The van der Waals surface area contributed by atoms with Crippen LogP contribution in [0.3, 0.4) is 0 Å². The molecule has 7 aromatic rings. The Morgan fingerprint density at radius 3 is 0.784 bits per heavy atom. The Morgan fingerprint density at radius 2 is 0.549 bits per heavy atom. The van der Waals surface area contributed by atoms with Crippen LogP contribution in [0.1, 0.15) is 66.8 Å². The van der Waals surface area contributed by atoms with Gasteiger partial charge in [-0.3, -0.25) is 0 Å². The molecule has 0 aliphatic rings. The van der Waals surface area contributed by atoms with Crippen LogP contribution >= 0.6 is 0 Å². The average molecular weight is 728 g/mol. The summed E-state index contributed by atoms with van der Waals surface area (Å²) in [5, 5.41) is 2.85. The molecule has 1 aromatic heterocycles. The molecule has 0 unspecified atom stereocenters. The van der Waals surface area contributed by atoms with Gasteiger partial charge >= 0.3 is 315 Å². The van der Waals surface area contributed by atoms with Gasteiger partial charge in [-0.2, -0.15) is 0 Å². The molecule has 0 radical (unpaired) electrons. The van der Waals surface area contributed by atoms with E-state index in [0.29, 0.717) is 0 Å². The Balaban J connectivity index is 1.50. The summed E-state index contributed by atoms with van der Waals surface area (Å²) in [5.41, 5.74) is 24.9. The molecule has 6 aromatic carbocycles. The Hall–Kier alpha value is -4.03. The van der Waals surface area contributed by atoms with Crippen molar-refractivity contribution < 1.29 is 0 Å². The molecule has 0 fully saturated rings. The van der Waals surface area contributed by atoms with Gasteiger partial charge in [0.05, 0.1) is 0 Å². The predicted molar refractivity (Wildman–Crippen MR) is 230 cm³/mol. The molecule has 0 amide bonds. The van der Waals surface area contributed by atoms with Crippen molar-refractivity contribution in [1.82, 2.24) is 0 Å². The van der Waals surface area contributed by atoms with Gasteiger partial charge in [0.15, 0.2) is 0 Å². The Kier molecular flexibility index (Phi) is 9.37. The van der Waals surface area contributed by atoms with Gasteiger partial charge in [0.1, 0.15) is 0 Å².